The summed E-state index contributed by atoms with van der Waals surface area (Å²) in [5.74, 6) is -0.703. The third-order valence-corrected chi connectivity index (χ3v) is 3.67. The summed E-state index contributed by atoms with van der Waals surface area (Å²) in [4.78, 5) is 25.9. The summed E-state index contributed by atoms with van der Waals surface area (Å²) in [7, 11) is 1.18. The number of hydrogen-bond donors (Lipinski definition) is 1. The number of rotatable bonds is 4. The fourth-order valence-electron chi connectivity index (χ4n) is 1.39. The molecule has 2 rings (SSSR count). The molecule has 2 aromatic rings. The lowest BCUT2D eigenvalue weighted by Crippen LogP contribution is -2.03. The molecule has 20 heavy (non-hydrogen) atoms. The SMILES string of the molecule is COC(=O)c1cc(Cl)c(Sc2ncn[nH]2)c([N+](=O)[O-])c1. The molecule has 0 aliphatic rings. The van der Waals surface area contributed by atoms with E-state index >= 15 is 0 Å². The van der Waals surface area contributed by atoms with Crippen molar-refractivity contribution in [3.05, 3.63) is 39.2 Å². The van der Waals surface area contributed by atoms with Gasteiger partial charge >= 0.3 is 5.97 Å². The van der Waals surface area contributed by atoms with E-state index in [2.05, 4.69) is 19.9 Å². The number of aromatic nitrogens is 3. The lowest BCUT2D eigenvalue weighted by Gasteiger charge is -2.06. The van der Waals surface area contributed by atoms with Crippen LogP contribution in [0.15, 0.2) is 28.5 Å². The van der Waals surface area contributed by atoms with Crippen LogP contribution in [0.4, 0.5) is 5.69 Å². The van der Waals surface area contributed by atoms with Gasteiger partial charge in [0.2, 0.25) is 0 Å². The normalized spacial score (nSPS) is 10.3. The third kappa shape index (κ3) is 2.89. The molecule has 0 saturated heterocycles. The Kier molecular flexibility index (Phi) is 4.20. The predicted octanol–water partition coefficient (Wildman–Crippen LogP) is 2.30. The van der Waals surface area contributed by atoms with E-state index in [0.717, 1.165) is 17.8 Å². The van der Waals surface area contributed by atoms with E-state index in [-0.39, 0.29) is 21.2 Å². The van der Waals surface area contributed by atoms with E-state index in [1.165, 1.54) is 19.5 Å². The lowest BCUT2D eigenvalue weighted by molar-refractivity contribution is -0.387. The number of carbonyl (C=O) groups excluding carboxylic acids is 1. The second kappa shape index (κ2) is 5.88. The monoisotopic (exact) mass is 314 g/mol. The van der Waals surface area contributed by atoms with Gasteiger partial charge in [0, 0.05) is 6.07 Å². The minimum atomic E-state index is -0.703. The van der Waals surface area contributed by atoms with Crippen LogP contribution in [0, 0.1) is 10.1 Å². The van der Waals surface area contributed by atoms with Gasteiger partial charge in [0.05, 0.1) is 22.6 Å². The second-order valence-electron chi connectivity index (χ2n) is 3.45. The molecule has 0 aliphatic carbocycles. The smallest absolute Gasteiger partial charge is 0.338 e. The summed E-state index contributed by atoms with van der Waals surface area (Å²) in [5, 5.41) is 17.7. The molecule has 10 heteroatoms. The highest BCUT2D eigenvalue weighted by atomic mass is 35.5. The molecule has 0 aliphatic heterocycles. The van der Waals surface area contributed by atoms with E-state index in [1.54, 1.807) is 0 Å². The van der Waals surface area contributed by atoms with Gasteiger partial charge in [-0.2, -0.15) is 5.10 Å². The molecule has 0 fully saturated rings. The Bertz CT molecular complexity index is 662. The zero-order valence-corrected chi connectivity index (χ0v) is 11.6. The van der Waals surface area contributed by atoms with Gasteiger partial charge in [0.15, 0.2) is 5.16 Å². The maximum Gasteiger partial charge on any atom is 0.338 e. The molecule has 1 heterocycles. The number of aromatic amines is 1. The molecule has 1 N–H and O–H groups in total. The predicted molar refractivity (Wildman–Crippen MR) is 70.0 cm³/mol. The Hall–Kier alpha value is -2.13. The van der Waals surface area contributed by atoms with Crippen LogP contribution < -0.4 is 0 Å². The molecule has 1 aromatic heterocycles. The lowest BCUT2D eigenvalue weighted by atomic mass is 10.2. The number of esters is 1. The summed E-state index contributed by atoms with van der Waals surface area (Å²) < 4.78 is 4.52. The Morgan fingerprint density at radius 1 is 1.55 bits per heavy atom. The Morgan fingerprint density at radius 3 is 2.85 bits per heavy atom. The van der Waals surface area contributed by atoms with Crippen LogP contribution in [0.2, 0.25) is 5.02 Å². The molecule has 0 saturated carbocycles. The van der Waals surface area contributed by atoms with E-state index in [9.17, 15) is 14.9 Å². The van der Waals surface area contributed by atoms with Crippen molar-refractivity contribution in [3.8, 4) is 0 Å². The summed E-state index contributed by atoms with van der Waals surface area (Å²) in [6.45, 7) is 0. The van der Waals surface area contributed by atoms with Crippen LogP contribution in [0.5, 0.6) is 0 Å². The first-order chi connectivity index (χ1) is 9.52. The van der Waals surface area contributed by atoms with Crippen LogP contribution in [-0.4, -0.2) is 33.2 Å². The number of nitro groups is 1. The van der Waals surface area contributed by atoms with Gasteiger partial charge in [-0.25, -0.2) is 9.78 Å². The van der Waals surface area contributed by atoms with E-state index in [1.807, 2.05) is 0 Å². The quantitative estimate of drug-likeness (QED) is 0.523. The average molecular weight is 315 g/mol. The summed E-state index contributed by atoms with van der Waals surface area (Å²) in [6, 6.07) is 2.41. The van der Waals surface area contributed by atoms with Gasteiger partial charge in [0.1, 0.15) is 11.2 Å². The Labute approximate surface area is 121 Å². The van der Waals surface area contributed by atoms with E-state index < -0.39 is 10.9 Å². The van der Waals surface area contributed by atoms with Crippen molar-refractivity contribution in [2.45, 2.75) is 10.1 Å². The first-order valence-electron chi connectivity index (χ1n) is 5.12. The van der Waals surface area contributed by atoms with Gasteiger partial charge in [0.25, 0.3) is 5.69 Å². The fourth-order valence-corrected chi connectivity index (χ4v) is 2.51. The van der Waals surface area contributed by atoms with Gasteiger partial charge in [-0.15, -0.1) is 0 Å². The number of nitrogens with one attached hydrogen (secondary N) is 1. The number of carbonyl (C=O) groups is 1. The van der Waals surface area contributed by atoms with Crippen molar-refractivity contribution in [2.75, 3.05) is 7.11 Å². The highest BCUT2D eigenvalue weighted by molar-refractivity contribution is 7.99. The van der Waals surface area contributed by atoms with Crippen LogP contribution in [0.1, 0.15) is 10.4 Å². The number of halogens is 1. The van der Waals surface area contributed by atoms with Crippen molar-refractivity contribution in [3.63, 3.8) is 0 Å². The maximum atomic E-state index is 11.4. The Morgan fingerprint density at radius 2 is 2.30 bits per heavy atom. The summed E-state index contributed by atoms with van der Waals surface area (Å²) >= 11 is 6.95. The largest absolute Gasteiger partial charge is 0.465 e. The third-order valence-electron chi connectivity index (χ3n) is 2.23. The number of methoxy groups -OCH3 is 1. The number of hydrogen-bond acceptors (Lipinski definition) is 7. The topological polar surface area (TPSA) is 111 Å². The van der Waals surface area contributed by atoms with Gasteiger partial charge in [-0.3, -0.25) is 15.2 Å². The molecule has 1 aromatic carbocycles. The van der Waals surface area contributed by atoms with Crippen LogP contribution >= 0.6 is 23.4 Å². The molecule has 0 bridgehead atoms. The van der Waals surface area contributed by atoms with Crippen LogP contribution in [-0.2, 0) is 4.74 Å². The first-order valence-corrected chi connectivity index (χ1v) is 6.32. The molecule has 0 radical (unpaired) electrons. The van der Waals surface area contributed by atoms with Crippen LogP contribution in [0.3, 0.4) is 0 Å². The van der Waals surface area contributed by atoms with E-state index in [4.69, 9.17) is 11.6 Å². The number of nitro benzene ring substituents is 1. The average Bonchev–Trinajstić information content (AvgIpc) is 2.92. The highest BCUT2D eigenvalue weighted by Gasteiger charge is 2.23. The van der Waals surface area contributed by atoms with Crippen molar-refractivity contribution in [1.82, 2.24) is 15.2 Å². The highest BCUT2D eigenvalue weighted by Crippen LogP contribution is 2.39. The molecule has 104 valence electrons. The summed E-state index contributed by atoms with van der Waals surface area (Å²) in [5.41, 5.74) is -0.301. The standard InChI is InChI=1S/C10H7ClN4O4S/c1-19-9(16)5-2-6(11)8(7(3-5)15(17)18)20-10-12-4-13-14-10/h2-4H,1H3,(H,12,13,14). The second-order valence-corrected chi connectivity index (χ2v) is 4.85. The first kappa shape index (κ1) is 14.3. The molecule has 0 unspecified atom stereocenters. The van der Waals surface area contributed by atoms with Crippen molar-refractivity contribution >= 4 is 35.0 Å². The molecular weight excluding hydrogens is 308 g/mol. The van der Waals surface area contributed by atoms with Crippen molar-refractivity contribution in [2.24, 2.45) is 0 Å². The molecule has 8 nitrogen and oxygen atoms in total. The number of H-pyrrole nitrogens is 1. The number of nitrogens with zero attached hydrogens (tertiary/aromatic N) is 3. The number of ether oxygens (including phenoxy) is 1. The Balaban J connectivity index is 2.50. The van der Waals surface area contributed by atoms with Crippen molar-refractivity contribution in [1.29, 1.82) is 0 Å². The molecule has 0 amide bonds. The molecular formula is C10H7ClN4O4S. The summed E-state index contributed by atoms with van der Waals surface area (Å²) in [6.07, 6.45) is 1.27. The molecule has 0 spiro atoms. The van der Waals surface area contributed by atoms with Gasteiger partial charge in [-0.1, -0.05) is 11.6 Å². The zero-order valence-electron chi connectivity index (χ0n) is 9.99. The minimum Gasteiger partial charge on any atom is -0.465 e. The van der Waals surface area contributed by atoms with Crippen LogP contribution in [0.25, 0.3) is 0 Å². The van der Waals surface area contributed by atoms with Gasteiger partial charge < -0.3 is 4.74 Å². The number of benzene rings is 1. The fraction of sp³-hybridized carbons (Fsp3) is 0.100. The van der Waals surface area contributed by atoms with Crippen molar-refractivity contribution < 1.29 is 14.5 Å². The van der Waals surface area contributed by atoms with E-state index in [0.29, 0.717) is 5.16 Å². The maximum absolute atomic E-state index is 11.4. The van der Waals surface area contributed by atoms with Gasteiger partial charge in [-0.05, 0) is 17.8 Å². The molecule has 0 atom stereocenters. The minimum absolute atomic E-state index is 0.00567. The zero-order chi connectivity index (χ0) is 14.7.